The minimum absolute atomic E-state index is 0.254. The van der Waals surface area contributed by atoms with Crippen LogP contribution >= 0.6 is 0 Å². The van der Waals surface area contributed by atoms with E-state index in [-0.39, 0.29) is 12.1 Å². The first-order chi connectivity index (χ1) is 6.77. The minimum Gasteiger partial charge on any atom is -0.326 e. The second-order valence-corrected chi connectivity index (χ2v) is 4.61. The number of carbonyl (C=O) groups excluding carboxylic acids is 1. The number of hydrogen-bond donors (Lipinski definition) is 1. The van der Waals surface area contributed by atoms with Gasteiger partial charge in [-0.1, -0.05) is 19.3 Å². The van der Waals surface area contributed by atoms with Gasteiger partial charge in [-0.05, 0) is 25.7 Å². The summed E-state index contributed by atoms with van der Waals surface area (Å²) in [6.07, 6.45) is 6.98. The van der Waals surface area contributed by atoms with Gasteiger partial charge in [0.1, 0.15) is 0 Å². The van der Waals surface area contributed by atoms with Crippen molar-refractivity contribution >= 4 is 5.91 Å². The molecule has 2 rings (SSSR count). The summed E-state index contributed by atoms with van der Waals surface area (Å²) in [5.74, 6) is 1.04. The fraction of sp³-hybridized carbons (Fsp3) is 0.909. The van der Waals surface area contributed by atoms with Crippen LogP contribution in [0.25, 0.3) is 0 Å². The Morgan fingerprint density at radius 2 is 2.07 bits per heavy atom. The van der Waals surface area contributed by atoms with Crippen LogP contribution in [0.15, 0.2) is 0 Å². The van der Waals surface area contributed by atoms with E-state index >= 15 is 0 Å². The van der Waals surface area contributed by atoms with Crippen LogP contribution in [0.2, 0.25) is 0 Å². The van der Waals surface area contributed by atoms with Crippen molar-refractivity contribution in [3.05, 3.63) is 0 Å². The summed E-state index contributed by atoms with van der Waals surface area (Å²) < 4.78 is 0. The standard InChI is InChI=1S/C11H20N2O/c1-9-12-7-11(14)13(9)8-10-5-3-2-4-6-10/h9-10,12H,2-8H2,1H3. The van der Waals surface area contributed by atoms with Crippen LogP contribution < -0.4 is 5.32 Å². The summed E-state index contributed by atoms with van der Waals surface area (Å²) in [5.41, 5.74) is 0. The molecule has 1 aliphatic heterocycles. The molecule has 14 heavy (non-hydrogen) atoms. The van der Waals surface area contributed by atoms with Crippen molar-refractivity contribution in [2.24, 2.45) is 5.92 Å². The highest BCUT2D eigenvalue weighted by Gasteiger charge is 2.29. The van der Waals surface area contributed by atoms with Crippen molar-refractivity contribution in [3.63, 3.8) is 0 Å². The zero-order valence-corrected chi connectivity index (χ0v) is 8.96. The van der Waals surface area contributed by atoms with E-state index in [0.717, 1.165) is 12.5 Å². The fourth-order valence-electron chi connectivity index (χ4n) is 2.57. The molecule has 3 nitrogen and oxygen atoms in total. The summed E-state index contributed by atoms with van der Waals surface area (Å²) in [6.45, 7) is 3.59. The molecular weight excluding hydrogens is 176 g/mol. The first-order valence-electron chi connectivity index (χ1n) is 5.80. The van der Waals surface area contributed by atoms with Gasteiger partial charge in [0.2, 0.25) is 5.91 Å². The van der Waals surface area contributed by atoms with Crippen LogP contribution in [0, 0.1) is 5.92 Å². The largest absolute Gasteiger partial charge is 0.326 e. The lowest BCUT2D eigenvalue weighted by molar-refractivity contribution is -0.128. The number of rotatable bonds is 2. The predicted octanol–water partition coefficient (Wildman–Crippen LogP) is 1.34. The molecule has 1 saturated heterocycles. The predicted molar refractivity (Wildman–Crippen MR) is 55.8 cm³/mol. The second-order valence-electron chi connectivity index (χ2n) is 4.61. The zero-order valence-electron chi connectivity index (χ0n) is 8.96. The van der Waals surface area contributed by atoms with Crippen LogP contribution in [-0.2, 0) is 4.79 Å². The normalized spacial score (nSPS) is 29.9. The molecule has 2 fully saturated rings. The Balaban J connectivity index is 1.85. The summed E-state index contributed by atoms with van der Waals surface area (Å²) in [4.78, 5) is 13.5. The lowest BCUT2D eigenvalue weighted by atomic mass is 9.89. The first-order valence-corrected chi connectivity index (χ1v) is 5.80. The summed E-state index contributed by atoms with van der Waals surface area (Å²) >= 11 is 0. The lowest BCUT2D eigenvalue weighted by Gasteiger charge is -2.29. The molecule has 3 heteroatoms. The lowest BCUT2D eigenvalue weighted by Crippen LogP contribution is -2.38. The average molecular weight is 196 g/mol. The van der Waals surface area contributed by atoms with Gasteiger partial charge in [-0.25, -0.2) is 0 Å². The van der Waals surface area contributed by atoms with Gasteiger partial charge in [0.25, 0.3) is 0 Å². The average Bonchev–Trinajstić information content (AvgIpc) is 2.51. The van der Waals surface area contributed by atoms with Gasteiger partial charge in [-0.2, -0.15) is 0 Å². The van der Waals surface area contributed by atoms with Crippen molar-refractivity contribution in [1.82, 2.24) is 10.2 Å². The molecule has 0 spiro atoms. The van der Waals surface area contributed by atoms with Gasteiger partial charge in [0.15, 0.2) is 0 Å². The Labute approximate surface area is 85.8 Å². The molecule has 1 saturated carbocycles. The number of nitrogens with zero attached hydrogens (tertiary/aromatic N) is 1. The van der Waals surface area contributed by atoms with Gasteiger partial charge in [0.05, 0.1) is 12.7 Å². The third-order valence-electron chi connectivity index (χ3n) is 3.52. The Hall–Kier alpha value is -0.570. The first kappa shape index (κ1) is 9.97. The molecule has 0 aromatic carbocycles. The maximum atomic E-state index is 11.5. The third-order valence-corrected chi connectivity index (χ3v) is 3.52. The van der Waals surface area contributed by atoms with Crippen molar-refractivity contribution in [2.45, 2.75) is 45.2 Å². The topological polar surface area (TPSA) is 32.3 Å². The Kier molecular flexibility index (Phi) is 3.06. The van der Waals surface area contributed by atoms with Crippen LogP contribution in [0.1, 0.15) is 39.0 Å². The molecule has 0 bridgehead atoms. The zero-order chi connectivity index (χ0) is 9.97. The van der Waals surface area contributed by atoms with Crippen molar-refractivity contribution < 1.29 is 4.79 Å². The molecule has 1 amide bonds. The SMILES string of the molecule is CC1NCC(=O)N1CC1CCCCC1. The smallest absolute Gasteiger partial charge is 0.237 e. The van der Waals surface area contributed by atoms with Gasteiger partial charge < -0.3 is 4.90 Å². The number of amides is 1. The summed E-state index contributed by atoms with van der Waals surface area (Å²) in [6, 6.07) is 0. The van der Waals surface area contributed by atoms with Crippen molar-refractivity contribution in [3.8, 4) is 0 Å². The second kappa shape index (κ2) is 4.30. The number of carbonyl (C=O) groups is 1. The van der Waals surface area contributed by atoms with E-state index in [1.54, 1.807) is 0 Å². The quantitative estimate of drug-likeness (QED) is 0.723. The molecule has 1 atom stereocenters. The van der Waals surface area contributed by atoms with Gasteiger partial charge in [-0.15, -0.1) is 0 Å². The highest BCUT2D eigenvalue weighted by atomic mass is 16.2. The van der Waals surface area contributed by atoms with Gasteiger partial charge in [-0.3, -0.25) is 10.1 Å². The molecule has 0 aromatic rings. The van der Waals surface area contributed by atoms with E-state index in [1.807, 2.05) is 4.90 Å². The number of nitrogens with one attached hydrogen (secondary N) is 1. The Morgan fingerprint density at radius 1 is 1.36 bits per heavy atom. The van der Waals surface area contributed by atoms with Crippen LogP contribution in [0.3, 0.4) is 0 Å². The fourth-order valence-corrected chi connectivity index (χ4v) is 2.57. The summed E-state index contributed by atoms with van der Waals surface area (Å²) in [5, 5.41) is 3.19. The van der Waals surface area contributed by atoms with Crippen LogP contribution in [-0.4, -0.2) is 30.1 Å². The van der Waals surface area contributed by atoms with Gasteiger partial charge >= 0.3 is 0 Å². The minimum atomic E-state index is 0.254. The molecule has 1 aliphatic carbocycles. The molecule has 1 N–H and O–H groups in total. The van der Waals surface area contributed by atoms with Gasteiger partial charge in [0, 0.05) is 6.54 Å². The van der Waals surface area contributed by atoms with E-state index in [1.165, 1.54) is 32.1 Å². The van der Waals surface area contributed by atoms with E-state index in [0.29, 0.717) is 6.54 Å². The number of hydrogen-bond acceptors (Lipinski definition) is 2. The van der Waals surface area contributed by atoms with Crippen LogP contribution in [0.4, 0.5) is 0 Å². The molecule has 1 unspecified atom stereocenters. The summed E-state index contributed by atoms with van der Waals surface area (Å²) in [7, 11) is 0. The highest BCUT2D eigenvalue weighted by molar-refractivity contribution is 5.80. The third kappa shape index (κ3) is 2.08. The molecule has 0 radical (unpaired) electrons. The van der Waals surface area contributed by atoms with E-state index < -0.39 is 0 Å². The van der Waals surface area contributed by atoms with Crippen molar-refractivity contribution in [2.75, 3.05) is 13.1 Å². The van der Waals surface area contributed by atoms with Crippen molar-refractivity contribution in [1.29, 1.82) is 0 Å². The molecule has 80 valence electrons. The molecule has 1 heterocycles. The van der Waals surface area contributed by atoms with Crippen LogP contribution in [0.5, 0.6) is 0 Å². The maximum absolute atomic E-state index is 11.5. The van der Waals surface area contributed by atoms with E-state index in [9.17, 15) is 4.79 Å². The Bertz CT molecular complexity index is 211. The monoisotopic (exact) mass is 196 g/mol. The molecule has 2 aliphatic rings. The van der Waals surface area contributed by atoms with E-state index in [4.69, 9.17) is 0 Å². The highest BCUT2D eigenvalue weighted by Crippen LogP contribution is 2.25. The molecular formula is C11H20N2O. The van der Waals surface area contributed by atoms with E-state index in [2.05, 4.69) is 12.2 Å². The maximum Gasteiger partial charge on any atom is 0.237 e. The Morgan fingerprint density at radius 3 is 2.64 bits per heavy atom. The molecule has 0 aromatic heterocycles.